The van der Waals surface area contributed by atoms with E-state index in [4.69, 9.17) is 4.74 Å². The lowest BCUT2D eigenvalue weighted by molar-refractivity contribution is 0.0954. The van der Waals surface area contributed by atoms with Gasteiger partial charge in [-0.2, -0.15) is 5.10 Å². The minimum absolute atomic E-state index is 0.229. The molecule has 5 heteroatoms. The van der Waals surface area contributed by atoms with Crippen LogP contribution in [0.25, 0.3) is 0 Å². The van der Waals surface area contributed by atoms with E-state index in [-0.39, 0.29) is 5.91 Å². The summed E-state index contributed by atoms with van der Waals surface area (Å²) in [5.74, 6) is 0.492. The zero-order valence-corrected chi connectivity index (χ0v) is 15.2. The number of amides is 1. The predicted octanol–water partition coefficient (Wildman–Crippen LogP) is 3.61. The fourth-order valence-electron chi connectivity index (χ4n) is 2.64. The van der Waals surface area contributed by atoms with Gasteiger partial charge in [-0.15, -0.1) is 0 Å². The molecule has 0 spiro atoms. The minimum atomic E-state index is -0.229. The van der Waals surface area contributed by atoms with Crippen molar-refractivity contribution in [3.63, 3.8) is 0 Å². The molecule has 0 fully saturated rings. The molecule has 0 aliphatic carbocycles. The van der Waals surface area contributed by atoms with Crippen molar-refractivity contribution in [2.24, 2.45) is 5.10 Å². The highest BCUT2D eigenvalue weighted by Gasteiger charge is 2.08. The van der Waals surface area contributed by atoms with Crippen molar-refractivity contribution < 1.29 is 9.53 Å². The Morgan fingerprint density at radius 2 is 1.92 bits per heavy atom. The van der Waals surface area contributed by atoms with Crippen LogP contribution in [0.1, 0.15) is 35.3 Å². The fourth-order valence-corrected chi connectivity index (χ4v) is 2.64. The molecule has 0 bridgehead atoms. The van der Waals surface area contributed by atoms with Crippen LogP contribution in [0.3, 0.4) is 0 Å². The van der Waals surface area contributed by atoms with Crippen molar-refractivity contribution in [2.45, 2.75) is 20.8 Å². The van der Waals surface area contributed by atoms with E-state index in [1.807, 2.05) is 43.3 Å². The highest BCUT2D eigenvalue weighted by Crippen LogP contribution is 2.24. The molecule has 2 aromatic rings. The number of rotatable bonds is 7. The number of ether oxygens (including phenoxy) is 1. The van der Waals surface area contributed by atoms with Crippen LogP contribution in [0.15, 0.2) is 47.6 Å². The molecule has 2 aromatic carbocycles. The van der Waals surface area contributed by atoms with Crippen LogP contribution in [0, 0.1) is 6.92 Å². The number of hydrogen-bond donors (Lipinski definition) is 1. The number of aryl methyl sites for hydroxylation is 1. The number of benzene rings is 2. The van der Waals surface area contributed by atoms with Crippen molar-refractivity contribution in [3.8, 4) is 5.75 Å². The Morgan fingerprint density at radius 3 is 2.56 bits per heavy atom. The summed E-state index contributed by atoms with van der Waals surface area (Å²) in [4.78, 5) is 14.4. The Kier molecular flexibility index (Phi) is 6.57. The lowest BCUT2D eigenvalue weighted by Gasteiger charge is -2.21. The van der Waals surface area contributed by atoms with Gasteiger partial charge < -0.3 is 9.64 Å². The third kappa shape index (κ3) is 4.59. The van der Waals surface area contributed by atoms with Crippen LogP contribution in [0.4, 0.5) is 5.69 Å². The zero-order valence-electron chi connectivity index (χ0n) is 15.2. The van der Waals surface area contributed by atoms with E-state index in [0.29, 0.717) is 5.56 Å². The molecule has 0 aromatic heterocycles. The number of nitrogens with zero attached hydrogens (tertiary/aromatic N) is 2. The monoisotopic (exact) mass is 339 g/mol. The average molecular weight is 339 g/mol. The van der Waals surface area contributed by atoms with Crippen LogP contribution < -0.4 is 15.1 Å². The van der Waals surface area contributed by atoms with Crippen LogP contribution >= 0.6 is 0 Å². The van der Waals surface area contributed by atoms with Gasteiger partial charge in [-0.3, -0.25) is 4.79 Å². The highest BCUT2D eigenvalue weighted by atomic mass is 16.5. The second-order valence-electron chi connectivity index (χ2n) is 5.61. The summed E-state index contributed by atoms with van der Waals surface area (Å²) >= 11 is 0. The van der Waals surface area contributed by atoms with Gasteiger partial charge in [-0.25, -0.2) is 5.43 Å². The smallest absolute Gasteiger partial charge is 0.271 e. The Hall–Kier alpha value is -2.82. The lowest BCUT2D eigenvalue weighted by atomic mass is 10.1. The zero-order chi connectivity index (χ0) is 18.2. The number of methoxy groups -OCH3 is 1. The second kappa shape index (κ2) is 8.87. The summed E-state index contributed by atoms with van der Waals surface area (Å²) in [6, 6.07) is 13.4. The Bertz CT molecular complexity index is 752. The topological polar surface area (TPSA) is 53.9 Å². The van der Waals surface area contributed by atoms with Gasteiger partial charge in [0.25, 0.3) is 5.91 Å². The molecular formula is C20H25N3O2. The summed E-state index contributed by atoms with van der Waals surface area (Å²) in [5.41, 5.74) is 6.00. The van der Waals surface area contributed by atoms with Crippen LogP contribution in [0.5, 0.6) is 5.75 Å². The van der Waals surface area contributed by atoms with Gasteiger partial charge in [0.15, 0.2) is 0 Å². The van der Waals surface area contributed by atoms with E-state index >= 15 is 0 Å². The van der Waals surface area contributed by atoms with E-state index < -0.39 is 0 Å². The van der Waals surface area contributed by atoms with Crippen molar-refractivity contribution in [2.75, 3.05) is 25.1 Å². The first-order chi connectivity index (χ1) is 12.1. The van der Waals surface area contributed by atoms with Crippen LogP contribution in [0.2, 0.25) is 0 Å². The van der Waals surface area contributed by atoms with Crippen molar-refractivity contribution >= 4 is 17.8 Å². The van der Waals surface area contributed by atoms with Gasteiger partial charge in [0.05, 0.1) is 13.3 Å². The minimum Gasteiger partial charge on any atom is -0.496 e. The molecule has 1 amide bonds. The van der Waals surface area contributed by atoms with Crippen LogP contribution in [-0.4, -0.2) is 32.3 Å². The summed E-state index contributed by atoms with van der Waals surface area (Å²) in [6.45, 7) is 7.99. The number of nitrogens with one attached hydrogen (secondary N) is 1. The number of hydrazone groups is 1. The molecule has 0 unspecified atom stereocenters. The van der Waals surface area contributed by atoms with E-state index in [9.17, 15) is 4.79 Å². The lowest BCUT2D eigenvalue weighted by Crippen LogP contribution is -2.21. The van der Waals surface area contributed by atoms with Gasteiger partial charge in [-0.05, 0) is 44.5 Å². The molecule has 0 saturated carbocycles. The molecule has 0 saturated heterocycles. The molecule has 1 N–H and O–H groups in total. The molecule has 0 atom stereocenters. The standard InChI is InChI=1S/C20H25N3O2/c1-5-23(6-2)17-12-11-16(19(13-17)25-4)14-21-22-20(24)18-10-8-7-9-15(18)3/h7-14H,5-6H2,1-4H3,(H,22,24)/b21-14+. The van der Waals surface area contributed by atoms with Crippen molar-refractivity contribution in [1.82, 2.24) is 5.43 Å². The number of hydrogen-bond acceptors (Lipinski definition) is 4. The van der Waals surface area contributed by atoms with Gasteiger partial charge in [0, 0.05) is 36.0 Å². The third-order valence-corrected chi connectivity index (χ3v) is 4.11. The molecule has 5 nitrogen and oxygen atoms in total. The summed E-state index contributed by atoms with van der Waals surface area (Å²) in [5, 5.41) is 4.06. The maximum atomic E-state index is 12.2. The Labute approximate surface area is 149 Å². The highest BCUT2D eigenvalue weighted by molar-refractivity contribution is 5.96. The van der Waals surface area contributed by atoms with E-state index in [1.165, 1.54) is 0 Å². The first-order valence-corrected chi connectivity index (χ1v) is 8.42. The first kappa shape index (κ1) is 18.5. The second-order valence-corrected chi connectivity index (χ2v) is 5.61. The molecular weight excluding hydrogens is 314 g/mol. The molecule has 0 aliphatic heterocycles. The van der Waals surface area contributed by atoms with Crippen molar-refractivity contribution in [1.29, 1.82) is 0 Å². The average Bonchev–Trinajstić information content (AvgIpc) is 2.63. The molecule has 0 radical (unpaired) electrons. The maximum absolute atomic E-state index is 12.2. The van der Waals surface area contributed by atoms with E-state index in [0.717, 1.165) is 35.7 Å². The Balaban J connectivity index is 2.12. The molecule has 0 aliphatic rings. The van der Waals surface area contributed by atoms with E-state index in [2.05, 4.69) is 29.3 Å². The molecule has 0 heterocycles. The largest absolute Gasteiger partial charge is 0.496 e. The number of anilines is 1. The van der Waals surface area contributed by atoms with Gasteiger partial charge in [0.1, 0.15) is 5.75 Å². The fraction of sp³-hybridized carbons (Fsp3) is 0.300. The Morgan fingerprint density at radius 1 is 1.20 bits per heavy atom. The number of carbonyl (C=O) groups excluding carboxylic acids is 1. The maximum Gasteiger partial charge on any atom is 0.271 e. The summed E-state index contributed by atoms with van der Waals surface area (Å²) in [6.07, 6.45) is 1.60. The first-order valence-electron chi connectivity index (χ1n) is 8.42. The summed E-state index contributed by atoms with van der Waals surface area (Å²) < 4.78 is 5.46. The van der Waals surface area contributed by atoms with E-state index in [1.54, 1.807) is 19.4 Å². The van der Waals surface area contributed by atoms with Gasteiger partial charge >= 0.3 is 0 Å². The number of carbonyl (C=O) groups is 1. The molecule has 132 valence electrons. The normalized spacial score (nSPS) is 10.7. The molecule has 25 heavy (non-hydrogen) atoms. The van der Waals surface area contributed by atoms with Gasteiger partial charge in [-0.1, -0.05) is 18.2 Å². The van der Waals surface area contributed by atoms with Crippen LogP contribution in [-0.2, 0) is 0 Å². The quantitative estimate of drug-likeness (QED) is 0.619. The SMILES string of the molecule is CCN(CC)c1ccc(/C=N/NC(=O)c2ccccc2C)c(OC)c1. The molecule has 2 rings (SSSR count). The predicted molar refractivity (Wildman–Crippen MR) is 103 cm³/mol. The third-order valence-electron chi connectivity index (χ3n) is 4.11. The van der Waals surface area contributed by atoms with Gasteiger partial charge in [0.2, 0.25) is 0 Å². The van der Waals surface area contributed by atoms with Crippen molar-refractivity contribution in [3.05, 3.63) is 59.2 Å². The summed E-state index contributed by atoms with van der Waals surface area (Å²) in [7, 11) is 1.63.